The van der Waals surface area contributed by atoms with Crippen molar-refractivity contribution in [2.75, 3.05) is 24.3 Å². The largest absolute Gasteiger partial charge is 0.347 e. The predicted molar refractivity (Wildman–Crippen MR) is 80.1 cm³/mol. The number of carbonyl (C=O) groups is 1. The van der Waals surface area contributed by atoms with Gasteiger partial charge in [0.25, 0.3) is 5.91 Å². The van der Waals surface area contributed by atoms with Gasteiger partial charge in [-0.2, -0.15) is 0 Å². The number of nitrogens with zero attached hydrogens (tertiary/aromatic N) is 3. The van der Waals surface area contributed by atoms with Crippen LogP contribution in [0, 0.1) is 0 Å². The number of benzene rings is 1. The van der Waals surface area contributed by atoms with Crippen LogP contribution in [-0.4, -0.2) is 30.0 Å². The van der Waals surface area contributed by atoms with Crippen molar-refractivity contribution in [3.63, 3.8) is 0 Å². The molecule has 1 amide bonds. The van der Waals surface area contributed by atoms with Crippen LogP contribution in [0.1, 0.15) is 22.8 Å². The smallest absolute Gasteiger partial charge is 0.258 e. The van der Waals surface area contributed by atoms with Gasteiger partial charge in [0, 0.05) is 32.2 Å². The van der Waals surface area contributed by atoms with E-state index in [1.807, 2.05) is 38.4 Å². The van der Waals surface area contributed by atoms with Crippen molar-refractivity contribution in [1.82, 2.24) is 9.97 Å². The van der Waals surface area contributed by atoms with Crippen LogP contribution in [0.4, 0.5) is 11.6 Å². The average molecular weight is 270 g/mol. The lowest BCUT2D eigenvalue weighted by Gasteiger charge is -2.10. The molecule has 5 heteroatoms. The second-order valence-electron chi connectivity index (χ2n) is 4.67. The molecule has 1 aromatic heterocycles. The van der Waals surface area contributed by atoms with Crippen molar-refractivity contribution < 1.29 is 4.79 Å². The van der Waals surface area contributed by atoms with Crippen molar-refractivity contribution in [2.45, 2.75) is 13.3 Å². The maximum Gasteiger partial charge on any atom is 0.258 e. The Morgan fingerprint density at radius 2 is 1.75 bits per heavy atom. The molecular weight excluding hydrogens is 252 g/mol. The van der Waals surface area contributed by atoms with Gasteiger partial charge in [-0.1, -0.05) is 19.1 Å². The van der Waals surface area contributed by atoms with Gasteiger partial charge in [-0.3, -0.25) is 4.79 Å². The van der Waals surface area contributed by atoms with Crippen molar-refractivity contribution in [2.24, 2.45) is 0 Å². The third-order valence-electron chi connectivity index (χ3n) is 2.92. The third kappa shape index (κ3) is 3.32. The molecule has 0 bridgehead atoms. The topological polar surface area (TPSA) is 58.1 Å². The molecule has 0 radical (unpaired) electrons. The van der Waals surface area contributed by atoms with Gasteiger partial charge in [-0.05, 0) is 24.1 Å². The molecule has 104 valence electrons. The summed E-state index contributed by atoms with van der Waals surface area (Å²) in [6.07, 6.45) is 4.03. The van der Waals surface area contributed by atoms with Crippen LogP contribution in [0.2, 0.25) is 0 Å². The minimum Gasteiger partial charge on any atom is -0.347 e. The molecule has 0 fully saturated rings. The van der Waals surface area contributed by atoms with Crippen LogP contribution >= 0.6 is 0 Å². The van der Waals surface area contributed by atoms with Crippen LogP contribution in [0.5, 0.6) is 0 Å². The first-order chi connectivity index (χ1) is 9.60. The van der Waals surface area contributed by atoms with E-state index < -0.39 is 0 Å². The molecule has 2 rings (SSSR count). The Labute approximate surface area is 118 Å². The summed E-state index contributed by atoms with van der Waals surface area (Å²) in [6, 6.07) is 7.79. The summed E-state index contributed by atoms with van der Waals surface area (Å²) in [7, 11) is 3.70. The van der Waals surface area contributed by atoms with E-state index in [2.05, 4.69) is 22.2 Å². The number of rotatable bonds is 4. The summed E-state index contributed by atoms with van der Waals surface area (Å²) in [5, 5.41) is 2.83. The van der Waals surface area contributed by atoms with Crippen LogP contribution < -0.4 is 10.2 Å². The number of nitrogens with one attached hydrogen (secondary N) is 1. The lowest BCUT2D eigenvalue weighted by Crippen LogP contribution is -2.16. The Morgan fingerprint density at radius 1 is 1.15 bits per heavy atom. The van der Waals surface area contributed by atoms with Gasteiger partial charge in [0.05, 0.1) is 5.56 Å². The van der Waals surface area contributed by atoms with E-state index in [9.17, 15) is 4.79 Å². The Hall–Kier alpha value is -2.43. The predicted octanol–water partition coefficient (Wildman–Crippen LogP) is 2.36. The van der Waals surface area contributed by atoms with E-state index in [1.165, 1.54) is 18.0 Å². The minimum absolute atomic E-state index is 0.209. The van der Waals surface area contributed by atoms with Crippen molar-refractivity contribution >= 4 is 17.5 Å². The van der Waals surface area contributed by atoms with Crippen LogP contribution in [0.25, 0.3) is 0 Å². The van der Waals surface area contributed by atoms with E-state index >= 15 is 0 Å². The summed E-state index contributed by atoms with van der Waals surface area (Å²) >= 11 is 0. The molecule has 0 saturated heterocycles. The molecule has 1 aromatic carbocycles. The fourth-order valence-electron chi connectivity index (χ4n) is 1.70. The zero-order chi connectivity index (χ0) is 14.5. The summed E-state index contributed by atoms with van der Waals surface area (Å²) in [5.74, 6) is 0.369. The highest BCUT2D eigenvalue weighted by molar-refractivity contribution is 6.03. The second kappa shape index (κ2) is 6.14. The number of aromatic nitrogens is 2. The Balaban J connectivity index is 2.07. The standard InChI is InChI=1S/C15H18N4O/c1-4-11-5-7-13(8-6-11)18-14(20)12-9-16-15(17-10-12)19(2)3/h5-10H,4H2,1-3H3,(H,18,20). The quantitative estimate of drug-likeness (QED) is 0.926. The Kier molecular flexibility index (Phi) is 4.30. The molecule has 0 aliphatic rings. The first kappa shape index (κ1) is 14.0. The summed E-state index contributed by atoms with van der Waals surface area (Å²) in [6.45, 7) is 2.09. The molecule has 1 heterocycles. The molecule has 0 unspecified atom stereocenters. The maximum absolute atomic E-state index is 12.0. The van der Waals surface area contributed by atoms with Crippen LogP contribution in [0.15, 0.2) is 36.7 Å². The molecule has 0 spiro atoms. The number of hydrogen-bond acceptors (Lipinski definition) is 4. The number of aryl methyl sites for hydroxylation is 1. The lowest BCUT2D eigenvalue weighted by molar-refractivity contribution is 0.102. The van der Waals surface area contributed by atoms with E-state index in [1.54, 1.807) is 4.90 Å². The third-order valence-corrected chi connectivity index (χ3v) is 2.92. The molecule has 2 aromatic rings. The van der Waals surface area contributed by atoms with E-state index in [-0.39, 0.29) is 5.91 Å². The first-order valence-electron chi connectivity index (χ1n) is 6.50. The second-order valence-corrected chi connectivity index (χ2v) is 4.67. The van der Waals surface area contributed by atoms with Crippen molar-refractivity contribution in [3.05, 3.63) is 47.8 Å². The summed E-state index contributed by atoms with van der Waals surface area (Å²) < 4.78 is 0. The van der Waals surface area contributed by atoms with Gasteiger partial charge in [-0.15, -0.1) is 0 Å². The van der Waals surface area contributed by atoms with Gasteiger partial charge < -0.3 is 10.2 Å². The normalized spacial score (nSPS) is 10.2. The summed E-state index contributed by atoms with van der Waals surface area (Å²) in [5.41, 5.74) is 2.45. The molecule has 0 atom stereocenters. The van der Waals surface area contributed by atoms with Crippen LogP contribution in [0.3, 0.4) is 0 Å². The molecule has 0 aliphatic carbocycles. The maximum atomic E-state index is 12.0. The van der Waals surface area contributed by atoms with E-state index in [0.717, 1.165) is 12.1 Å². The number of carbonyl (C=O) groups excluding carboxylic acids is 1. The fraction of sp³-hybridized carbons (Fsp3) is 0.267. The SMILES string of the molecule is CCc1ccc(NC(=O)c2cnc(N(C)C)nc2)cc1. The average Bonchev–Trinajstić information content (AvgIpc) is 2.48. The van der Waals surface area contributed by atoms with E-state index in [4.69, 9.17) is 0 Å². The molecule has 5 nitrogen and oxygen atoms in total. The minimum atomic E-state index is -0.209. The number of hydrogen-bond donors (Lipinski definition) is 1. The zero-order valence-corrected chi connectivity index (χ0v) is 11.9. The van der Waals surface area contributed by atoms with Gasteiger partial charge in [0.15, 0.2) is 0 Å². The van der Waals surface area contributed by atoms with Crippen molar-refractivity contribution in [3.8, 4) is 0 Å². The monoisotopic (exact) mass is 270 g/mol. The van der Waals surface area contributed by atoms with Gasteiger partial charge >= 0.3 is 0 Å². The highest BCUT2D eigenvalue weighted by Gasteiger charge is 2.08. The van der Waals surface area contributed by atoms with Gasteiger partial charge in [-0.25, -0.2) is 9.97 Å². The highest BCUT2D eigenvalue weighted by atomic mass is 16.1. The molecule has 20 heavy (non-hydrogen) atoms. The molecular formula is C15H18N4O. The lowest BCUT2D eigenvalue weighted by atomic mass is 10.1. The Bertz CT molecular complexity index is 576. The van der Waals surface area contributed by atoms with Crippen molar-refractivity contribution in [1.29, 1.82) is 0 Å². The van der Waals surface area contributed by atoms with Gasteiger partial charge in [0.1, 0.15) is 0 Å². The highest BCUT2D eigenvalue weighted by Crippen LogP contribution is 2.12. The molecule has 0 aliphatic heterocycles. The van der Waals surface area contributed by atoms with Gasteiger partial charge in [0.2, 0.25) is 5.95 Å². The van der Waals surface area contributed by atoms with E-state index in [0.29, 0.717) is 11.5 Å². The Morgan fingerprint density at radius 3 is 2.25 bits per heavy atom. The fourth-order valence-corrected chi connectivity index (χ4v) is 1.70. The molecule has 0 saturated carbocycles. The first-order valence-corrected chi connectivity index (χ1v) is 6.50. The zero-order valence-electron chi connectivity index (χ0n) is 11.9. The van der Waals surface area contributed by atoms with Crippen LogP contribution in [-0.2, 0) is 6.42 Å². The molecule has 1 N–H and O–H groups in total. The number of anilines is 2. The number of amides is 1. The summed E-state index contributed by atoms with van der Waals surface area (Å²) in [4.78, 5) is 22.1.